The maximum Gasteiger partial charge on any atom is 0.325 e. The Balaban J connectivity index is 1.66. The number of carboxylic acids is 1. The third kappa shape index (κ3) is 6.46. The van der Waals surface area contributed by atoms with Crippen LogP contribution in [0, 0.1) is 0 Å². The Morgan fingerprint density at radius 1 is 1.32 bits per heavy atom. The normalized spacial score (nSPS) is 20.4. The largest absolute Gasteiger partial charge is 0.480 e. The summed E-state index contributed by atoms with van der Waals surface area (Å²) in [5.41, 5.74) is 16.7. The minimum atomic E-state index is -2.76. The highest BCUT2D eigenvalue weighted by molar-refractivity contribution is 6.10. The minimum absolute atomic E-state index is 0.187. The van der Waals surface area contributed by atoms with Crippen LogP contribution >= 0.6 is 0 Å². The standard InChI is InChI=1S/C26H36F2N6O3/c27-25(28)20-11-23-16(10-19(20)17(12-29)13-32-15-24(35)36)2-1-7-34(23)26(30)21-14-31-6-3-22(21)33-18-4-8-37-9-5-18/h10-13,18,25-26,31,33H,1-9,14-15,29-30H2,(H,35,36). The average molecular weight is 519 g/mol. The molecular weight excluding hydrogens is 482 g/mol. The van der Waals surface area contributed by atoms with E-state index in [-0.39, 0.29) is 16.7 Å². The second-order valence-corrected chi connectivity index (χ2v) is 9.56. The Labute approximate surface area is 215 Å². The molecule has 11 heteroatoms. The highest BCUT2D eigenvalue weighted by Crippen LogP contribution is 2.38. The van der Waals surface area contributed by atoms with E-state index in [4.69, 9.17) is 21.3 Å². The van der Waals surface area contributed by atoms with Crippen molar-refractivity contribution in [2.45, 2.75) is 50.7 Å². The van der Waals surface area contributed by atoms with E-state index in [1.807, 2.05) is 4.90 Å². The molecule has 1 saturated heterocycles. The zero-order chi connectivity index (χ0) is 26.4. The number of aliphatic carboxylic acids is 1. The molecule has 9 nitrogen and oxygen atoms in total. The van der Waals surface area contributed by atoms with Gasteiger partial charge in [0.25, 0.3) is 6.43 Å². The molecule has 1 aromatic carbocycles. The summed E-state index contributed by atoms with van der Waals surface area (Å²) in [7, 11) is 0. The maximum absolute atomic E-state index is 14.3. The number of nitrogens with two attached hydrogens (primary N) is 2. The van der Waals surface area contributed by atoms with Crippen LogP contribution in [0.3, 0.4) is 0 Å². The van der Waals surface area contributed by atoms with Gasteiger partial charge in [0.15, 0.2) is 0 Å². The lowest BCUT2D eigenvalue weighted by Gasteiger charge is -2.40. The van der Waals surface area contributed by atoms with Gasteiger partial charge in [0.1, 0.15) is 12.7 Å². The van der Waals surface area contributed by atoms with Crippen LogP contribution in [0.15, 0.2) is 34.6 Å². The van der Waals surface area contributed by atoms with Crippen molar-refractivity contribution in [3.05, 3.63) is 46.3 Å². The molecule has 1 fully saturated rings. The Morgan fingerprint density at radius 3 is 2.81 bits per heavy atom. The summed E-state index contributed by atoms with van der Waals surface area (Å²) in [6.07, 6.45) is 3.45. The number of nitrogens with one attached hydrogen (secondary N) is 2. The number of hydrogen-bond donors (Lipinski definition) is 5. The quantitative estimate of drug-likeness (QED) is 0.314. The van der Waals surface area contributed by atoms with Crippen LogP contribution in [0.4, 0.5) is 14.5 Å². The van der Waals surface area contributed by atoms with Crippen molar-refractivity contribution in [3.8, 4) is 0 Å². The van der Waals surface area contributed by atoms with E-state index in [0.717, 1.165) is 62.3 Å². The van der Waals surface area contributed by atoms with Crippen molar-refractivity contribution in [3.63, 3.8) is 0 Å². The highest BCUT2D eigenvalue weighted by Gasteiger charge is 2.30. The van der Waals surface area contributed by atoms with Crippen LogP contribution in [-0.2, 0) is 16.0 Å². The summed E-state index contributed by atoms with van der Waals surface area (Å²) in [4.78, 5) is 16.7. The number of aliphatic imine (C=N–C) groups is 1. The van der Waals surface area contributed by atoms with E-state index in [1.54, 1.807) is 6.07 Å². The Morgan fingerprint density at radius 2 is 2.11 bits per heavy atom. The fourth-order valence-electron chi connectivity index (χ4n) is 5.25. The van der Waals surface area contributed by atoms with Crippen LogP contribution in [-0.4, -0.2) is 68.9 Å². The van der Waals surface area contributed by atoms with E-state index < -0.39 is 25.1 Å². The molecule has 7 N–H and O–H groups in total. The van der Waals surface area contributed by atoms with Gasteiger partial charge in [-0.3, -0.25) is 9.79 Å². The molecule has 1 unspecified atom stereocenters. The first-order valence-corrected chi connectivity index (χ1v) is 12.8. The molecule has 0 bridgehead atoms. The summed E-state index contributed by atoms with van der Waals surface area (Å²) in [5.74, 6) is -1.12. The van der Waals surface area contributed by atoms with Crippen LogP contribution in [0.25, 0.3) is 5.57 Å². The first kappa shape index (κ1) is 27.0. The van der Waals surface area contributed by atoms with E-state index in [9.17, 15) is 13.6 Å². The predicted octanol–water partition coefficient (Wildman–Crippen LogP) is 2.13. The summed E-state index contributed by atoms with van der Waals surface area (Å²) in [6, 6.07) is 3.57. The fraction of sp³-hybridized carbons (Fsp3) is 0.538. The summed E-state index contributed by atoms with van der Waals surface area (Å²) in [5, 5.41) is 16.0. The molecule has 3 heterocycles. The van der Waals surface area contributed by atoms with Crippen LogP contribution in [0.1, 0.15) is 48.8 Å². The number of benzene rings is 1. The number of carbonyl (C=O) groups is 1. The maximum atomic E-state index is 14.3. The SMILES string of the molecule is NC=C(C=NCC(=O)O)c1cc2c(cc1C(F)F)N(C(N)C1=C(NC3CCOCC3)CCNC1)CCC2. The number of fused-ring (bicyclic) bond motifs is 1. The molecule has 0 radical (unpaired) electrons. The average Bonchev–Trinajstić information content (AvgIpc) is 2.90. The first-order valence-electron chi connectivity index (χ1n) is 12.8. The molecule has 3 aliphatic heterocycles. The van der Waals surface area contributed by atoms with Gasteiger partial charge in [0.05, 0.1) is 0 Å². The topological polar surface area (TPSA) is 138 Å². The Kier molecular flexibility index (Phi) is 9.12. The monoisotopic (exact) mass is 518 g/mol. The predicted molar refractivity (Wildman–Crippen MR) is 140 cm³/mol. The summed E-state index contributed by atoms with van der Waals surface area (Å²) >= 11 is 0. The number of allylic oxidation sites excluding steroid dienone is 1. The molecule has 4 rings (SSSR count). The van der Waals surface area contributed by atoms with Crippen LogP contribution in [0.5, 0.6) is 0 Å². The van der Waals surface area contributed by atoms with E-state index >= 15 is 0 Å². The lowest BCUT2D eigenvalue weighted by Crippen LogP contribution is -2.51. The number of anilines is 1. The zero-order valence-electron chi connectivity index (χ0n) is 20.9. The first-order chi connectivity index (χ1) is 17.9. The highest BCUT2D eigenvalue weighted by atomic mass is 19.3. The molecule has 0 amide bonds. The molecule has 202 valence electrons. The number of hydrogen-bond acceptors (Lipinski definition) is 8. The fourth-order valence-corrected chi connectivity index (χ4v) is 5.25. The molecule has 1 atom stereocenters. The van der Waals surface area contributed by atoms with Crippen molar-refractivity contribution in [2.75, 3.05) is 44.3 Å². The molecule has 0 aromatic heterocycles. The Hall–Kier alpha value is -3.02. The van der Waals surface area contributed by atoms with Gasteiger partial charge in [0, 0.05) is 73.8 Å². The summed E-state index contributed by atoms with van der Waals surface area (Å²) in [6.45, 7) is 3.16. The molecule has 37 heavy (non-hydrogen) atoms. The zero-order valence-corrected chi connectivity index (χ0v) is 20.9. The second-order valence-electron chi connectivity index (χ2n) is 9.56. The van der Waals surface area contributed by atoms with Gasteiger partial charge in [-0.05, 0) is 60.9 Å². The third-order valence-electron chi connectivity index (χ3n) is 7.14. The molecule has 0 spiro atoms. The number of rotatable bonds is 9. The number of alkyl halides is 2. The minimum Gasteiger partial charge on any atom is -0.480 e. The van der Waals surface area contributed by atoms with Crippen molar-refractivity contribution in [1.29, 1.82) is 0 Å². The van der Waals surface area contributed by atoms with Gasteiger partial charge in [0.2, 0.25) is 0 Å². The smallest absolute Gasteiger partial charge is 0.325 e. The number of halogens is 2. The van der Waals surface area contributed by atoms with Gasteiger partial charge in [-0.2, -0.15) is 0 Å². The summed E-state index contributed by atoms with van der Waals surface area (Å²) < 4.78 is 34.0. The molecule has 0 saturated carbocycles. The molecule has 1 aromatic rings. The van der Waals surface area contributed by atoms with Crippen LogP contribution in [0.2, 0.25) is 0 Å². The van der Waals surface area contributed by atoms with Gasteiger partial charge >= 0.3 is 5.97 Å². The number of ether oxygens (including phenoxy) is 1. The van der Waals surface area contributed by atoms with Gasteiger partial charge in [-0.15, -0.1) is 0 Å². The van der Waals surface area contributed by atoms with E-state index in [1.165, 1.54) is 18.5 Å². The van der Waals surface area contributed by atoms with Crippen molar-refractivity contribution in [1.82, 2.24) is 10.6 Å². The van der Waals surface area contributed by atoms with Gasteiger partial charge in [-0.1, -0.05) is 0 Å². The number of aryl methyl sites for hydroxylation is 1. The number of nitrogens with zero attached hydrogens (tertiary/aromatic N) is 2. The Bertz CT molecular complexity index is 1070. The lowest BCUT2D eigenvalue weighted by molar-refractivity contribution is -0.135. The third-order valence-corrected chi connectivity index (χ3v) is 7.14. The second kappa shape index (κ2) is 12.5. The van der Waals surface area contributed by atoms with E-state index in [0.29, 0.717) is 31.2 Å². The van der Waals surface area contributed by atoms with E-state index in [2.05, 4.69) is 15.6 Å². The van der Waals surface area contributed by atoms with Crippen molar-refractivity contribution >= 4 is 23.4 Å². The molecular formula is C26H36F2N6O3. The van der Waals surface area contributed by atoms with Crippen molar-refractivity contribution in [2.24, 2.45) is 16.5 Å². The van der Waals surface area contributed by atoms with Crippen molar-refractivity contribution < 1.29 is 23.4 Å². The van der Waals surface area contributed by atoms with Gasteiger partial charge < -0.3 is 36.8 Å². The van der Waals surface area contributed by atoms with Gasteiger partial charge in [-0.25, -0.2) is 8.78 Å². The molecule has 0 aliphatic carbocycles. The lowest BCUT2D eigenvalue weighted by atomic mass is 9.91. The number of carboxylic acid groups (broad SMARTS) is 1. The van der Waals surface area contributed by atoms with Crippen LogP contribution < -0.4 is 27.0 Å². The molecule has 3 aliphatic rings.